The smallest absolute Gasteiger partial charge is 0.121 e. The summed E-state index contributed by atoms with van der Waals surface area (Å²) >= 11 is 5.99. The second-order valence-corrected chi connectivity index (χ2v) is 5.98. The number of halogens is 1. The molecule has 0 spiro atoms. The van der Waals surface area contributed by atoms with Crippen molar-refractivity contribution in [2.75, 3.05) is 11.9 Å². The van der Waals surface area contributed by atoms with Crippen LogP contribution in [0.1, 0.15) is 25.8 Å². The van der Waals surface area contributed by atoms with E-state index < -0.39 is 0 Å². The molecule has 21 heavy (non-hydrogen) atoms. The van der Waals surface area contributed by atoms with Gasteiger partial charge < -0.3 is 10.1 Å². The second-order valence-electron chi connectivity index (χ2n) is 5.54. The molecule has 0 radical (unpaired) electrons. The van der Waals surface area contributed by atoms with Crippen molar-refractivity contribution in [3.63, 3.8) is 0 Å². The van der Waals surface area contributed by atoms with Crippen LogP contribution in [0.3, 0.4) is 0 Å². The molecular formula is C18H22ClNO. The minimum Gasteiger partial charge on any atom is -0.494 e. The van der Waals surface area contributed by atoms with Gasteiger partial charge in [0.05, 0.1) is 6.61 Å². The largest absolute Gasteiger partial charge is 0.494 e. The van der Waals surface area contributed by atoms with E-state index in [1.54, 1.807) is 0 Å². The Kier molecular flexibility index (Phi) is 5.94. The third kappa shape index (κ3) is 5.68. The molecule has 3 heteroatoms. The van der Waals surface area contributed by atoms with Crippen LogP contribution in [-0.4, -0.2) is 6.61 Å². The lowest BCUT2D eigenvalue weighted by Crippen LogP contribution is -2.02. The normalized spacial score (nSPS) is 10.7. The van der Waals surface area contributed by atoms with Crippen molar-refractivity contribution in [3.8, 4) is 5.75 Å². The summed E-state index contributed by atoms with van der Waals surface area (Å²) in [6.07, 6.45) is 1.07. The van der Waals surface area contributed by atoms with Crippen LogP contribution < -0.4 is 10.1 Å². The number of rotatable bonds is 7. The Balaban J connectivity index is 1.88. The fraction of sp³-hybridized carbons (Fsp3) is 0.333. The summed E-state index contributed by atoms with van der Waals surface area (Å²) in [5.41, 5.74) is 2.21. The SMILES string of the molecule is CC(C)CCOc1cccc(NCc2cccc(Cl)c2)c1. The van der Waals surface area contributed by atoms with Gasteiger partial charge in [-0.25, -0.2) is 0 Å². The fourth-order valence-corrected chi connectivity index (χ4v) is 2.17. The molecule has 2 aromatic rings. The van der Waals surface area contributed by atoms with Crippen molar-refractivity contribution < 1.29 is 4.74 Å². The molecule has 112 valence electrons. The highest BCUT2D eigenvalue weighted by Crippen LogP contribution is 2.19. The van der Waals surface area contributed by atoms with Crippen LogP contribution in [0.25, 0.3) is 0 Å². The molecule has 0 aliphatic heterocycles. The molecule has 0 unspecified atom stereocenters. The zero-order chi connectivity index (χ0) is 15.1. The molecule has 0 fully saturated rings. The lowest BCUT2D eigenvalue weighted by atomic mass is 10.1. The Morgan fingerprint density at radius 2 is 1.90 bits per heavy atom. The predicted molar refractivity (Wildman–Crippen MR) is 90.2 cm³/mol. The number of ether oxygens (including phenoxy) is 1. The van der Waals surface area contributed by atoms with E-state index in [2.05, 4.69) is 25.2 Å². The lowest BCUT2D eigenvalue weighted by molar-refractivity contribution is 0.289. The van der Waals surface area contributed by atoms with E-state index in [-0.39, 0.29) is 0 Å². The molecule has 0 atom stereocenters. The summed E-state index contributed by atoms with van der Waals surface area (Å²) < 4.78 is 5.77. The third-order valence-corrected chi connectivity index (χ3v) is 3.42. The molecule has 2 aromatic carbocycles. The third-order valence-electron chi connectivity index (χ3n) is 3.18. The summed E-state index contributed by atoms with van der Waals surface area (Å²) in [5.74, 6) is 1.57. The van der Waals surface area contributed by atoms with Gasteiger partial charge in [-0.05, 0) is 42.2 Å². The van der Waals surface area contributed by atoms with E-state index in [1.165, 1.54) is 0 Å². The number of benzene rings is 2. The monoisotopic (exact) mass is 303 g/mol. The number of nitrogens with one attached hydrogen (secondary N) is 1. The van der Waals surface area contributed by atoms with E-state index in [1.807, 2.05) is 42.5 Å². The predicted octanol–water partition coefficient (Wildman–Crippen LogP) is 5.38. The van der Waals surface area contributed by atoms with Crippen LogP contribution in [0.2, 0.25) is 5.02 Å². The van der Waals surface area contributed by atoms with Crippen LogP contribution in [-0.2, 0) is 6.54 Å². The maximum absolute atomic E-state index is 5.99. The molecule has 0 saturated carbocycles. The maximum Gasteiger partial charge on any atom is 0.121 e. The second kappa shape index (κ2) is 7.94. The van der Waals surface area contributed by atoms with Gasteiger partial charge in [-0.3, -0.25) is 0 Å². The molecule has 0 amide bonds. The van der Waals surface area contributed by atoms with Crippen LogP contribution in [0.15, 0.2) is 48.5 Å². The van der Waals surface area contributed by atoms with Gasteiger partial charge in [0.1, 0.15) is 5.75 Å². The molecule has 0 aliphatic rings. The van der Waals surface area contributed by atoms with Crippen molar-refractivity contribution in [1.29, 1.82) is 0 Å². The quantitative estimate of drug-likeness (QED) is 0.741. The molecule has 0 heterocycles. The van der Waals surface area contributed by atoms with Crippen LogP contribution >= 0.6 is 11.6 Å². The summed E-state index contributed by atoms with van der Waals surface area (Å²) in [5, 5.41) is 4.15. The first kappa shape index (κ1) is 15.7. The lowest BCUT2D eigenvalue weighted by Gasteiger charge is -2.11. The van der Waals surface area contributed by atoms with E-state index >= 15 is 0 Å². The Morgan fingerprint density at radius 3 is 2.67 bits per heavy atom. The van der Waals surface area contributed by atoms with Gasteiger partial charge in [-0.2, -0.15) is 0 Å². The average molecular weight is 304 g/mol. The highest BCUT2D eigenvalue weighted by atomic mass is 35.5. The molecule has 1 N–H and O–H groups in total. The van der Waals surface area contributed by atoms with Crippen molar-refractivity contribution in [1.82, 2.24) is 0 Å². The average Bonchev–Trinajstić information content (AvgIpc) is 2.45. The van der Waals surface area contributed by atoms with Crippen LogP contribution in [0.4, 0.5) is 5.69 Å². The minimum atomic E-state index is 0.661. The van der Waals surface area contributed by atoms with E-state index in [0.29, 0.717) is 5.92 Å². The first-order chi connectivity index (χ1) is 10.1. The van der Waals surface area contributed by atoms with Crippen molar-refractivity contribution in [3.05, 3.63) is 59.1 Å². The zero-order valence-corrected chi connectivity index (χ0v) is 13.4. The topological polar surface area (TPSA) is 21.3 Å². The first-order valence-corrected chi connectivity index (χ1v) is 7.72. The molecule has 0 aromatic heterocycles. The zero-order valence-electron chi connectivity index (χ0n) is 12.6. The highest BCUT2D eigenvalue weighted by molar-refractivity contribution is 6.30. The fourth-order valence-electron chi connectivity index (χ4n) is 1.96. The minimum absolute atomic E-state index is 0.661. The Labute approximate surface area is 132 Å². The molecule has 0 bridgehead atoms. The molecule has 2 nitrogen and oxygen atoms in total. The van der Waals surface area contributed by atoms with Crippen molar-refractivity contribution in [2.45, 2.75) is 26.8 Å². The van der Waals surface area contributed by atoms with Crippen LogP contribution in [0.5, 0.6) is 5.75 Å². The summed E-state index contributed by atoms with van der Waals surface area (Å²) in [6, 6.07) is 15.9. The molecule has 0 saturated heterocycles. The van der Waals surface area contributed by atoms with Gasteiger partial charge in [-0.15, -0.1) is 0 Å². The first-order valence-electron chi connectivity index (χ1n) is 7.34. The van der Waals surface area contributed by atoms with Gasteiger partial charge >= 0.3 is 0 Å². The summed E-state index contributed by atoms with van der Waals surface area (Å²) in [6.45, 7) is 5.91. The van der Waals surface area contributed by atoms with Crippen molar-refractivity contribution in [2.24, 2.45) is 5.92 Å². The van der Waals surface area contributed by atoms with E-state index in [0.717, 1.165) is 41.6 Å². The summed E-state index contributed by atoms with van der Waals surface area (Å²) in [7, 11) is 0. The maximum atomic E-state index is 5.99. The van der Waals surface area contributed by atoms with Crippen molar-refractivity contribution >= 4 is 17.3 Å². The van der Waals surface area contributed by atoms with Gasteiger partial charge in [0.25, 0.3) is 0 Å². The Morgan fingerprint density at radius 1 is 1.10 bits per heavy atom. The molecule has 0 aliphatic carbocycles. The van der Waals surface area contributed by atoms with E-state index in [4.69, 9.17) is 16.3 Å². The van der Waals surface area contributed by atoms with Gasteiger partial charge in [0, 0.05) is 23.3 Å². The standard InChI is InChI=1S/C18H22ClNO/c1-14(2)9-10-21-18-8-4-7-17(12-18)20-13-15-5-3-6-16(19)11-15/h3-8,11-12,14,20H,9-10,13H2,1-2H3. The van der Waals surface area contributed by atoms with Crippen LogP contribution in [0, 0.1) is 5.92 Å². The van der Waals surface area contributed by atoms with E-state index in [9.17, 15) is 0 Å². The van der Waals surface area contributed by atoms with Gasteiger partial charge in [0.15, 0.2) is 0 Å². The Bertz CT molecular complexity index is 569. The van der Waals surface area contributed by atoms with Gasteiger partial charge in [0.2, 0.25) is 0 Å². The highest BCUT2D eigenvalue weighted by Gasteiger charge is 1.99. The summed E-state index contributed by atoms with van der Waals surface area (Å²) in [4.78, 5) is 0. The molecular weight excluding hydrogens is 282 g/mol. The Hall–Kier alpha value is -1.67. The van der Waals surface area contributed by atoms with Gasteiger partial charge in [-0.1, -0.05) is 43.6 Å². The number of hydrogen-bond donors (Lipinski definition) is 1. The molecule has 2 rings (SSSR count). The number of hydrogen-bond acceptors (Lipinski definition) is 2. The number of anilines is 1.